The van der Waals surface area contributed by atoms with E-state index in [-0.39, 0.29) is 11.1 Å². The lowest BCUT2D eigenvalue weighted by atomic mass is 10.2. The molecular formula is C14H22N2O3. The lowest BCUT2D eigenvalue weighted by Gasteiger charge is -2.30. The first-order valence-electron chi connectivity index (χ1n) is 6.52. The molecule has 0 atom stereocenters. The van der Waals surface area contributed by atoms with Crippen molar-refractivity contribution in [1.82, 2.24) is 9.47 Å². The number of rotatable bonds is 6. The Morgan fingerprint density at radius 2 is 1.84 bits per heavy atom. The number of carboxylic acid groups (broad SMARTS) is 1. The van der Waals surface area contributed by atoms with Crippen molar-refractivity contribution in [2.75, 3.05) is 6.54 Å². The van der Waals surface area contributed by atoms with E-state index in [1.807, 2.05) is 0 Å². The Balaban J connectivity index is 2.85. The van der Waals surface area contributed by atoms with Crippen LogP contribution >= 0.6 is 0 Å². The van der Waals surface area contributed by atoms with Crippen LogP contribution in [0, 0.1) is 0 Å². The number of hydrogen-bond donors (Lipinski definition) is 1. The standard InChI is InChI=1S/C14H22N2O3/c1-10(2)16(11(3)4)8-7-15-9-12(14(18)19)5-6-13(15)17/h5-6,9-11H,7-8H2,1-4H3,(H,18,19). The highest BCUT2D eigenvalue weighted by atomic mass is 16.4. The van der Waals surface area contributed by atoms with Gasteiger partial charge in [0.1, 0.15) is 0 Å². The number of carboxylic acids is 1. The van der Waals surface area contributed by atoms with E-state index in [4.69, 9.17) is 5.11 Å². The molecule has 0 unspecified atom stereocenters. The minimum atomic E-state index is -1.02. The van der Waals surface area contributed by atoms with Gasteiger partial charge in [0.05, 0.1) is 5.56 Å². The predicted octanol–water partition coefficient (Wildman–Crippen LogP) is 1.67. The fourth-order valence-corrected chi connectivity index (χ4v) is 2.17. The fraction of sp³-hybridized carbons (Fsp3) is 0.571. The van der Waals surface area contributed by atoms with Crippen molar-refractivity contribution in [1.29, 1.82) is 0 Å². The maximum atomic E-state index is 11.7. The molecule has 0 aliphatic carbocycles. The van der Waals surface area contributed by atoms with Gasteiger partial charge in [-0.15, -0.1) is 0 Å². The van der Waals surface area contributed by atoms with Crippen molar-refractivity contribution in [3.8, 4) is 0 Å². The van der Waals surface area contributed by atoms with E-state index in [9.17, 15) is 9.59 Å². The van der Waals surface area contributed by atoms with Crippen LogP contribution in [0.2, 0.25) is 0 Å². The molecule has 0 amide bonds. The van der Waals surface area contributed by atoms with Gasteiger partial charge in [0, 0.05) is 37.4 Å². The molecule has 5 heteroatoms. The SMILES string of the molecule is CC(C)N(CCn1cc(C(=O)O)ccc1=O)C(C)C. The molecule has 0 aliphatic rings. The smallest absolute Gasteiger partial charge is 0.337 e. The molecule has 5 nitrogen and oxygen atoms in total. The Kier molecular flexibility index (Phi) is 5.30. The van der Waals surface area contributed by atoms with Crippen molar-refractivity contribution < 1.29 is 9.90 Å². The number of carbonyl (C=O) groups is 1. The van der Waals surface area contributed by atoms with Crippen LogP contribution in [-0.2, 0) is 6.54 Å². The molecule has 19 heavy (non-hydrogen) atoms. The molecule has 1 rings (SSSR count). The van der Waals surface area contributed by atoms with Gasteiger partial charge in [0.2, 0.25) is 0 Å². The van der Waals surface area contributed by atoms with E-state index in [0.29, 0.717) is 18.6 Å². The maximum absolute atomic E-state index is 11.7. The van der Waals surface area contributed by atoms with Gasteiger partial charge in [-0.2, -0.15) is 0 Å². The Morgan fingerprint density at radius 1 is 1.26 bits per heavy atom. The second kappa shape index (κ2) is 6.52. The van der Waals surface area contributed by atoms with Crippen LogP contribution in [0.4, 0.5) is 0 Å². The summed E-state index contributed by atoms with van der Waals surface area (Å²) in [5, 5.41) is 8.93. The molecular weight excluding hydrogens is 244 g/mol. The van der Waals surface area contributed by atoms with Crippen LogP contribution < -0.4 is 5.56 Å². The highest BCUT2D eigenvalue weighted by Gasteiger charge is 2.13. The van der Waals surface area contributed by atoms with E-state index in [0.717, 1.165) is 6.54 Å². The largest absolute Gasteiger partial charge is 0.478 e. The second-order valence-corrected chi connectivity index (χ2v) is 5.18. The summed E-state index contributed by atoms with van der Waals surface area (Å²) in [5.41, 5.74) is -0.0299. The summed E-state index contributed by atoms with van der Waals surface area (Å²) in [6, 6.07) is 3.42. The van der Waals surface area contributed by atoms with Crippen molar-refractivity contribution in [2.45, 2.75) is 46.3 Å². The van der Waals surface area contributed by atoms with Crippen LogP contribution in [0.25, 0.3) is 0 Å². The Hall–Kier alpha value is -1.62. The first kappa shape index (κ1) is 15.4. The number of aromatic carboxylic acids is 1. The molecule has 1 aromatic rings. The summed E-state index contributed by atoms with van der Waals surface area (Å²) >= 11 is 0. The summed E-state index contributed by atoms with van der Waals surface area (Å²) in [7, 11) is 0. The number of hydrogen-bond acceptors (Lipinski definition) is 3. The summed E-state index contributed by atoms with van der Waals surface area (Å²) in [6.07, 6.45) is 1.41. The fourth-order valence-electron chi connectivity index (χ4n) is 2.17. The van der Waals surface area contributed by atoms with Gasteiger partial charge in [-0.05, 0) is 33.8 Å². The summed E-state index contributed by atoms with van der Waals surface area (Å²) in [5.74, 6) is -1.02. The molecule has 0 bridgehead atoms. The lowest BCUT2D eigenvalue weighted by molar-refractivity contribution is 0.0695. The molecule has 106 valence electrons. The number of pyridine rings is 1. The van der Waals surface area contributed by atoms with E-state index >= 15 is 0 Å². The number of nitrogens with zero attached hydrogens (tertiary/aromatic N) is 2. The van der Waals surface area contributed by atoms with Gasteiger partial charge >= 0.3 is 5.97 Å². The lowest BCUT2D eigenvalue weighted by Crippen LogP contribution is -2.40. The third-order valence-corrected chi connectivity index (χ3v) is 3.16. The van der Waals surface area contributed by atoms with Gasteiger partial charge in [-0.25, -0.2) is 4.79 Å². The quantitative estimate of drug-likeness (QED) is 0.850. The van der Waals surface area contributed by atoms with Crippen LogP contribution in [0.1, 0.15) is 38.1 Å². The summed E-state index contributed by atoms with van der Waals surface area (Å²) in [6.45, 7) is 9.65. The minimum Gasteiger partial charge on any atom is -0.478 e. The molecule has 0 saturated carbocycles. The second-order valence-electron chi connectivity index (χ2n) is 5.18. The monoisotopic (exact) mass is 266 g/mol. The van der Waals surface area contributed by atoms with Crippen molar-refractivity contribution in [2.24, 2.45) is 0 Å². The zero-order valence-corrected chi connectivity index (χ0v) is 12.0. The average Bonchev–Trinajstić information content (AvgIpc) is 2.30. The molecule has 0 aromatic carbocycles. The Labute approximate surface area is 113 Å². The Bertz CT molecular complexity index is 484. The Morgan fingerprint density at radius 3 is 2.32 bits per heavy atom. The van der Waals surface area contributed by atoms with Crippen LogP contribution in [0.5, 0.6) is 0 Å². The van der Waals surface area contributed by atoms with Crippen LogP contribution in [0.3, 0.4) is 0 Å². The first-order valence-corrected chi connectivity index (χ1v) is 6.52. The van der Waals surface area contributed by atoms with E-state index in [2.05, 4.69) is 32.6 Å². The molecule has 1 heterocycles. The topological polar surface area (TPSA) is 62.5 Å². The van der Waals surface area contributed by atoms with Crippen molar-refractivity contribution >= 4 is 5.97 Å². The zero-order valence-electron chi connectivity index (χ0n) is 12.0. The summed E-state index contributed by atoms with van der Waals surface area (Å²) < 4.78 is 1.46. The predicted molar refractivity (Wildman–Crippen MR) is 74.6 cm³/mol. The third kappa shape index (κ3) is 4.21. The molecule has 1 N–H and O–H groups in total. The van der Waals surface area contributed by atoms with Gasteiger partial charge in [0.15, 0.2) is 0 Å². The molecule has 0 spiro atoms. The highest BCUT2D eigenvalue weighted by molar-refractivity contribution is 5.87. The minimum absolute atomic E-state index is 0.139. The van der Waals surface area contributed by atoms with Crippen LogP contribution in [0.15, 0.2) is 23.1 Å². The van der Waals surface area contributed by atoms with E-state index in [1.54, 1.807) is 0 Å². The first-order chi connectivity index (χ1) is 8.82. The summed E-state index contributed by atoms with van der Waals surface area (Å²) in [4.78, 5) is 24.9. The zero-order chi connectivity index (χ0) is 14.6. The number of aromatic nitrogens is 1. The molecule has 0 aliphatic heterocycles. The van der Waals surface area contributed by atoms with Crippen molar-refractivity contribution in [3.63, 3.8) is 0 Å². The van der Waals surface area contributed by atoms with Gasteiger partial charge < -0.3 is 9.67 Å². The molecule has 0 saturated heterocycles. The molecule has 0 fully saturated rings. The maximum Gasteiger partial charge on any atom is 0.337 e. The van der Waals surface area contributed by atoms with E-state index in [1.165, 1.54) is 22.9 Å². The van der Waals surface area contributed by atoms with Gasteiger partial charge in [-0.1, -0.05) is 0 Å². The van der Waals surface area contributed by atoms with Crippen LogP contribution in [-0.4, -0.2) is 39.2 Å². The molecule has 1 aromatic heterocycles. The third-order valence-electron chi connectivity index (χ3n) is 3.16. The highest BCUT2D eigenvalue weighted by Crippen LogP contribution is 2.05. The van der Waals surface area contributed by atoms with Crippen molar-refractivity contribution in [3.05, 3.63) is 34.2 Å². The molecule has 0 radical (unpaired) electrons. The van der Waals surface area contributed by atoms with E-state index < -0.39 is 5.97 Å². The van der Waals surface area contributed by atoms with Gasteiger partial charge in [-0.3, -0.25) is 9.69 Å². The normalized spacial score (nSPS) is 11.5. The van der Waals surface area contributed by atoms with Gasteiger partial charge in [0.25, 0.3) is 5.56 Å². The average molecular weight is 266 g/mol.